The number of rotatable bonds is 2. The van der Waals surface area contributed by atoms with Gasteiger partial charge < -0.3 is 4.74 Å². The zero-order valence-electron chi connectivity index (χ0n) is 7.81. The van der Waals surface area contributed by atoms with Gasteiger partial charge in [0.15, 0.2) is 0 Å². The van der Waals surface area contributed by atoms with E-state index in [9.17, 15) is 13.2 Å². The Bertz CT molecular complexity index is 371. The van der Waals surface area contributed by atoms with Gasteiger partial charge in [-0.2, -0.15) is 13.2 Å². The highest BCUT2D eigenvalue weighted by molar-refractivity contribution is 6.32. The van der Waals surface area contributed by atoms with Gasteiger partial charge >= 0.3 is 6.18 Å². The molecule has 0 aliphatic carbocycles. The van der Waals surface area contributed by atoms with E-state index in [1.165, 1.54) is 25.5 Å². The predicted octanol–water partition coefficient (Wildman–Crippen LogP) is 3.98. The fourth-order valence-corrected chi connectivity index (χ4v) is 1.17. The third-order valence-electron chi connectivity index (χ3n) is 1.71. The SMILES string of the molecule is CO/C=C/c1cc(C(F)(F)F)ccc1Cl. The van der Waals surface area contributed by atoms with Crippen molar-refractivity contribution in [2.45, 2.75) is 6.18 Å². The molecule has 0 heterocycles. The molecular weight excluding hydrogens is 229 g/mol. The second-order valence-corrected chi connectivity index (χ2v) is 3.18. The van der Waals surface area contributed by atoms with Crippen molar-refractivity contribution in [1.82, 2.24) is 0 Å². The minimum atomic E-state index is -4.36. The van der Waals surface area contributed by atoms with E-state index in [4.69, 9.17) is 11.6 Å². The summed E-state index contributed by atoms with van der Waals surface area (Å²) in [6, 6.07) is 3.12. The quantitative estimate of drug-likeness (QED) is 0.706. The Kier molecular flexibility index (Phi) is 3.63. The van der Waals surface area contributed by atoms with Crippen LogP contribution in [0.1, 0.15) is 11.1 Å². The highest BCUT2D eigenvalue weighted by Crippen LogP contribution is 2.32. The molecule has 0 atom stereocenters. The van der Waals surface area contributed by atoms with Gasteiger partial charge in [0.05, 0.1) is 18.9 Å². The normalized spacial score (nSPS) is 12.1. The van der Waals surface area contributed by atoms with Gasteiger partial charge in [-0.05, 0) is 29.8 Å². The van der Waals surface area contributed by atoms with E-state index in [1.807, 2.05) is 0 Å². The van der Waals surface area contributed by atoms with Crippen LogP contribution in [0.15, 0.2) is 24.5 Å². The summed E-state index contributed by atoms with van der Waals surface area (Å²) in [5.74, 6) is 0. The number of halogens is 4. The molecule has 0 saturated carbocycles. The van der Waals surface area contributed by atoms with Gasteiger partial charge in [-0.1, -0.05) is 11.6 Å². The predicted molar refractivity (Wildman–Crippen MR) is 52.5 cm³/mol. The summed E-state index contributed by atoms with van der Waals surface area (Å²) >= 11 is 5.71. The second-order valence-electron chi connectivity index (χ2n) is 2.77. The van der Waals surface area contributed by atoms with Gasteiger partial charge in [0.2, 0.25) is 0 Å². The molecular formula is C10H8ClF3O. The van der Waals surface area contributed by atoms with E-state index in [1.54, 1.807) is 0 Å². The Morgan fingerprint density at radius 3 is 2.53 bits per heavy atom. The van der Waals surface area contributed by atoms with Crippen LogP contribution in [0, 0.1) is 0 Å². The van der Waals surface area contributed by atoms with E-state index in [2.05, 4.69) is 4.74 Å². The van der Waals surface area contributed by atoms with Crippen LogP contribution in [0.5, 0.6) is 0 Å². The zero-order chi connectivity index (χ0) is 11.5. The van der Waals surface area contributed by atoms with Crippen molar-refractivity contribution in [3.8, 4) is 0 Å². The van der Waals surface area contributed by atoms with E-state index in [0.717, 1.165) is 12.1 Å². The number of methoxy groups -OCH3 is 1. The zero-order valence-corrected chi connectivity index (χ0v) is 8.56. The van der Waals surface area contributed by atoms with Gasteiger partial charge in [-0.25, -0.2) is 0 Å². The maximum atomic E-state index is 12.3. The van der Waals surface area contributed by atoms with E-state index >= 15 is 0 Å². The van der Waals surface area contributed by atoms with Crippen molar-refractivity contribution in [3.05, 3.63) is 40.6 Å². The highest BCUT2D eigenvalue weighted by Gasteiger charge is 2.30. The molecule has 0 fully saturated rings. The first-order valence-electron chi connectivity index (χ1n) is 4.01. The first-order chi connectivity index (χ1) is 6.95. The van der Waals surface area contributed by atoms with Crippen LogP contribution < -0.4 is 0 Å². The van der Waals surface area contributed by atoms with Crippen LogP contribution in [-0.4, -0.2) is 7.11 Å². The fourth-order valence-electron chi connectivity index (χ4n) is 0.989. The molecule has 0 aromatic heterocycles. The number of hydrogen-bond donors (Lipinski definition) is 0. The molecule has 1 aromatic rings. The van der Waals surface area contributed by atoms with Crippen molar-refractivity contribution in [3.63, 3.8) is 0 Å². The lowest BCUT2D eigenvalue weighted by Crippen LogP contribution is -2.04. The number of benzene rings is 1. The lowest BCUT2D eigenvalue weighted by atomic mass is 10.1. The summed E-state index contributed by atoms with van der Waals surface area (Å²) in [6.45, 7) is 0. The number of hydrogen-bond acceptors (Lipinski definition) is 1. The largest absolute Gasteiger partial charge is 0.504 e. The molecule has 15 heavy (non-hydrogen) atoms. The van der Waals surface area contributed by atoms with Crippen LogP contribution in [0.3, 0.4) is 0 Å². The molecule has 0 unspecified atom stereocenters. The van der Waals surface area contributed by atoms with Crippen LogP contribution in [0.25, 0.3) is 6.08 Å². The van der Waals surface area contributed by atoms with Gasteiger partial charge in [0, 0.05) is 5.02 Å². The van der Waals surface area contributed by atoms with Gasteiger partial charge in [0.25, 0.3) is 0 Å². The average molecular weight is 237 g/mol. The highest BCUT2D eigenvalue weighted by atomic mass is 35.5. The Balaban J connectivity index is 3.11. The molecule has 0 amide bonds. The Morgan fingerprint density at radius 1 is 1.33 bits per heavy atom. The lowest BCUT2D eigenvalue weighted by molar-refractivity contribution is -0.137. The van der Waals surface area contributed by atoms with E-state index in [-0.39, 0.29) is 10.6 Å². The molecule has 82 valence electrons. The molecule has 0 aliphatic heterocycles. The molecule has 0 bridgehead atoms. The summed E-state index contributed by atoms with van der Waals surface area (Å²) in [4.78, 5) is 0. The maximum absolute atomic E-state index is 12.3. The standard InChI is InChI=1S/C10H8ClF3O/c1-15-5-4-7-6-8(10(12,13)14)2-3-9(7)11/h2-6H,1H3/b5-4+. The smallest absolute Gasteiger partial charge is 0.416 e. The van der Waals surface area contributed by atoms with Crippen molar-refractivity contribution in [1.29, 1.82) is 0 Å². The summed E-state index contributed by atoms with van der Waals surface area (Å²) in [5.41, 5.74) is -0.462. The number of ether oxygens (including phenoxy) is 1. The van der Waals surface area contributed by atoms with Crippen molar-refractivity contribution < 1.29 is 17.9 Å². The average Bonchev–Trinajstić information content (AvgIpc) is 2.15. The molecule has 0 spiro atoms. The van der Waals surface area contributed by atoms with Gasteiger partial charge in [0.1, 0.15) is 0 Å². The Hall–Kier alpha value is -1.16. The minimum absolute atomic E-state index is 0.247. The van der Waals surface area contributed by atoms with Crippen LogP contribution in [0.2, 0.25) is 5.02 Å². The third-order valence-corrected chi connectivity index (χ3v) is 2.05. The van der Waals surface area contributed by atoms with Crippen molar-refractivity contribution >= 4 is 17.7 Å². The minimum Gasteiger partial charge on any atom is -0.504 e. The molecule has 1 nitrogen and oxygen atoms in total. The summed E-state index contributed by atoms with van der Waals surface area (Å²) in [5, 5.41) is 0.247. The molecule has 0 N–H and O–H groups in total. The molecule has 0 saturated heterocycles. The second kappa shape index (κ2) is 4.57. The molecule has 0 radical (unpaired) electrons. The van der Waals surface area contributed by atoms with Crippen molar-refractivity contribution in [2.75, 3.05) is 7.11 Å². The van der Waals surface area contributed by atoms with Crippen LogP contribution in [-0.2, 0) is 10.9 Å². The summed E-state index contributed by atoms with van der Waals surface area (Å²) in [6.07, 6.45) is -1.72. The van der Waals surface area contributed by atoms with Gasteiger partial charge in [-0.3, -0.25) is 0 Å². The topological polar surface area (TPSA) is 9.23 Å². The first-order valence-corrected chi connectivity index (χ1v) is 4.39. The van der Waals surface area contributed by atoms with E-state index < -0.39 is 11.7 Å². The van der Waals surface area contributed by atoms with E-state index in [0.29, 0.717) is 0 Å². The van der Waals surface area contributed by atoms with Crippen LogP contribution in [0.4, 0.5) is 13.2 Å². The molecule has 0 aliphatic rings. The fraction of sp³-hybridized carbons (Fsp3) is 0.200. The van der Waals surface area contributed by atoms with Gasteiger partial charge in [-0.15, -0.1) is 0 Å². The molecule has 1 aromatic carbocycles. The summed E-state index contributed by atoms with van der Waals surface area (Å²) < 4.78 is 41.6. The third kappa shape index (κ3) is 3.16. The molecule has 1 rings (SSSR count). The Labute approximate surface area is 90.1 Å². The molecule has 5 heteroatoms. The Morgan fingerprint density at radius 2 is 2.00 bits per heavy atom. The lowest BCUT2D eigenvalue weighted by Gasteiger charge is -2.08. The first kappa shape index (κ1) is 11.9. The van der Waals surface area contributed by atoms with Crippen molar-refractivity contribution in [2.24, 2.45) is 0 Å². The van der Waals surface area contributed by atoms with Crippen LogP contribution >= 0.6 is 11.6 Å². The summed E-state index contributed by atoms with van der Waals surface area (Å²) in [7, 11) is 1.40. The monoisotopic (exact) mass is 236 g/mol. The maximum Gasteiger partial charge on any atom is 0.416 e. The number of alkyl halides is 3.